The van der Waals surface area contributed by atoms with Crippen LogP contribution in [-0.4, -0.2) is 71.1 Å². The Kier molecular flexibility index (Phi) is 10.5. The topological polar surface area (TPSA) is 82.1 Å². The molecule has 1 aliphatic carbocycles. The van der Waals surface area contributed by atoms with Crippen molar-refractivity contribution in [2.45, 2.75) is 88.9 Å². The fourth-order valence-corrected chi connectivity index (χ4v) is 7.69. The zero-order chi connectivity index (χ0) is 27.4. The number of piperazine rings is 1. The number of ether oxygens (including phenoxy) is 1. The summed E-state index contributed by atoms with van der Waals surface area (Å²) in [4.78, 5) is 34.3. The SMILES string of the molecule is CCCCN1C(=O)[C@@H]([C@H](O)C2CCCCC2)NC(=O)C12CCN(Cc1ccc(-c3ccc(OC)cc3)s1)CC2.Cl. The summed E-state index contributed by atoms with van der Waals surface area (Å²) in [6.45, 7) is 5.04. The predicted molar refractivity (Wildman–Crippen MR) is 162 cm³/mol. The minimum atomic E-state index is -0.816. The van der Waals surface area contributed by atoms with Gasteiger partial charge in [-0.1, -0.05) is 32.6 Å². The van der Waals surface area contributed by atoms with Gasteiger partial charge < -0.3 is 20.1 Å². The average molecular weight is 590 g/mol. The lowest BCUT2D eigenvalue weighted by atomic mass is 9.78. The molecule has 220 valence electrons. The number of benzene rings is 1. The molecule has 2 atom stereocenters. The summed E-state index contributed by atoms with van der Waals surface area (Å²) < 4.78 is 5.28. The molecule has 3 fully saturated rings. The molecule has 2 amide bonds. The first-order valence-electron chi connectivity index (χ1n) is 14.7. The minimum absolute atomic E-state index is 0. The third-order valence-corrected chi connectivity index (χ3v) is 10.2. The smallest absolute Gasteiger partial charge is 0.248 e. The molecule has 7 nitrogen and oxygen atoms in total. The number of hydrogen-bond donors (Lipinski definition) is 2. The average Bonchev–Trinajstić information content (AvgIpc) is 3.44. The summed E-state index contributed by atoms with van der Waals surface area (Å²) in [6, 6.07) is 11.7. The van der Waals surface area contributed by atoms with Gasteiger partial charge in [-0.15, -0.1) is 23.7 Å². The van der Waals surface area contributed by atoms with Gasteiger partial charge in [0.15, 0.2) is 0 Å². The van der Waals surface area contributed by atoms with Gasteiger partial charge in [-0.3, -0.25) is 14.5 Å². The van der Waals surface area contributed by atoms with Crippen molar-refractivity contribution in [1.29, 1.82) is 0 Å². The summed E-state index contributed by atoms with van der Waals surface area (Å²) in [5.74, 6) is 0.781. The van der Waals surface area contributed by atoms with E-state index in [0.717, 1.165) is 63.9 Å². The number of amides is 2. The molecule has 40 heavy (non-hydrogen) atoms. The van der Waals surface area contributed by atoms with E-state index in [1.165, 1.54) is 21.7 Å². The van der Waals surface area contributed by atoms with Crippen LogP contribution in [0, 0.1) is 5.92 Å². The Bertz CT molecular complexity index is 1130. The molecule has 2 N–H and O–H groups in total. The molecule has 9 heteroatoms. The quantitative estimate of drug-likeness (QED) is 0.418. The van der Waals surface area contributed by atoms with Crippen molar-refractivity contribution >= 4 is 35.6 Å². The van der Waals surface area contributed by atoms with Crippen molar-refractivity contribution < 1.29 is 19.4 Å². The number of unbranched alkanes of at least 4 members (excludes halogenated alkanes) is 1. The number of thiophene rings is 1. The first-order valence-corrected chi connectivity index (χ1v) is 15.5. The maximum atomic E-state index is 13.8. The van der Waals surface area contributed by atoms with E-state index in [2.05, 4.69) is 41.4 Å². The number of carbonyl (C=O) groups is 2. The lowest BCUT2D eigenvalue weighted by Gasteiger charge is -2.52. The van der Waals surface area contributed by atoms with Crippen LogP contribution in [0.5, 0.6) is 5.75 Å². The lowest BCUT2D eigenvalue weighted by molar-refractivity contribution is -0.166. The number of hydrogen-bond acceptors (Lipinski definition) is 6. The Balaban J connectivity index is 0.00000370. The number of likely N-dealkylation sites (tertiary alicyclic amines) is 1. The van der Waals surface area contributed by atoms with Gasteiger partial charge in [0.2, 0.25) is 11.8 Å². The summed E-state index contributed by atoms with van der Waals surface area (Å²) in [5.41, 5.74) is 0.369. The van der Waals surface area contributed by atoms with Gasteiger partial charge in [0.05, 0.1) is 13.2 Å². The summed E-state index contributed by atoms with van der Waals surface area (Å²) in [5, 5.41) is 14.2. The molecule has 1 saturated carbocycles. The third-order valence-electron chi connectivity index (χ3n) is 9.07. The van der Waals surface area contributed by atoms with Gasteiger partial charge in [-0.25, -0.2) is 0 Å². The maximum Gasteiger partial charge on any atom is 0.248 e. The van der Waals surface area contributed by atoms with Crippen LogP contribution in [-0.2, 0) is 16.1 Å². The molecule has 3 heterocycles. The Morgan fingerprint density at radius 1 is 1.07 bits per heavy atom. The Morgan fingerprint density at radius 3 is 2.42 bits per heavy atom. The number of rotatable bonds is 9. The van der Waals surface area contributed by atoms with E-state index in [1.807, 2.05) is 17.0 Å². The molecule has 1 aromatic carbocycles. The second-order valence-corrected chi connectivity index (χ2v) is 12.7. The Morgan fingerprint density at radius 2 is 1.77 bits per heavy atom. The highest BCUT2D eigenvalue weighted by atomic mass is 35.5. The van der Waals surface area contributed by atoms with E-state index in [-0.39, 0.29) is 30.1 Å². The number of halogens is 1. The van der Waals surface area contributed by atoms with Crippen LogP contribution in [0.25, 0.3) is 10.4 Å². The van der Waals surface area contributed by atoms with Gasteiger partial charge in [0.1, 0.15) is 17.3 Å². The van der Waals surface area contributed by atoms with Crippen LogP contribution in [0.3, 0.4) is 0 Å². The molecule has 3 aliphatic rings. The summed E-state index contributed by atoms with van der Waals surface area (Å²) in [6.07, 6.45) is 7.47. The van der Waals surface area contributed by atoms with Crippen molar-refractivity contribution in [3.63, 3.8) is 0 Å². The predicted octanol–water partition coefficient (Wildman–Crippen LogP) is 5.25. The molecular formula is C31H44ClN3O4S. The fourth-order valence-electron chi connectivity index (χ4n) is 6.63. The molecule has 0 bridgehead atoms. The van der Waals surface area contributed by atoms with E-state index < -0.39 is 17.7 Å². The zero-order valence-electron chi connectivity index (χ0n) is 23.8. The molecule has 2 saturated heterocycles. The number of nitrogens with zero attached hydrogens (tertiary/aromatic N) is 2. The number of piperidine rings is 1. The monoisotopic (exact) mass is 589 g/mol. The van der Waals surface area contributed by atoms with Crippen molar-refractivity contribution in [2.75, 3.05) is 26.7 Å². The number of carbonyl (C=O) groups excluding carboxylic acids is 2. The van der Waals surface area contributed by atoms with Gasteiger partial charge >= 0.3 is 0 Å². The van der Waals surface area contributed by atoms with Crippen LogP contribution in [0.15, 0.2) is 36.4 Å². The summed E-state index contributed by atoms with van der Waals surface area (Å²) >= 11 is 1.80. The summed E-state index contributed by atoms with van der Waals surface area (Å²) in [7, 11) is 1.68. The second kappa shape index (κ2) is 13.7. The van der Waals surface area contributed by atoms with Crippen LogP contribution < -0.4 is 10.1 Å². The van der Waals surface area contributed by atoms with Crippen molar-refractivity contribution in [3.8, 4) is 16.2 Å². The first-order chi connectivity index (χ1) is 18.9. The molecule has 2 aromatic rings. The molecule has 1 spiro atoms. The normalized spacial score (nSPS) is 22.6. The van der Waals surface area contributed by atoms with E-state index in [0.29, 0.717) is 19.4 Å². The molecule has 0 unspecified atom stereocenters. The number of aliphatic hydroxyl groups is 1. The molecular weight excluding hydrogens is 546 g/mol. The van der Waals surface area contributed by atoms with Crippen molar-refractivity contribution in [2.24, 2.45) is 5.92 Å². The zero-order valence-corrected chi connectivity index (χ0v) is 25.4. The Hall–Kier alpha value is -2.13. The molecule has 2 aliphatic heterocycles. The number of nitrogens with one attached hydrogen (secondary N) is 1. The van der Waals surface area contributed by atoms with E-state index in [1.54, 1.807) is 18.4 Å². The van der Waals surface area contributed by atoms with Gasteiger partial charge in [0.25, 0.3) is 0 Å². The maximum absolute atomic E-state index is 13.8. The molecule has 1 aromatic heterocycles. The third kappa shape index (κ3) is 6.35. The van der Waals surface area contributed by atoms with E-state index >= 15 is 0 Å². The van der Waals surface area contributed by atoms with Gasteiger partial charge in [-0.2, -0.15) is 0 Å². The highest BCUT2D eigenvalue weighted by Gasteiger charge is 2.55. The number of methoxy groups -OCH3 is 1. The van der Waals surface area contributed by atoms with Crippen LogP contribution in [0.1, 0.15) is 69.6 Å². The molecule has 0 radical (unpaired) electrons. The van der Waals surface area contributed by atoms with Crippen molar-refractivity contribution in [1.82, 2.24) is 15.1 Å². The van der Waals surface area contributed by atoms with Crippen LogP contribution >= 0.6 is 23.7 Å². The second-order valence-electron chi connectivity index (χ2n) is 11.5. The number of aliphatic hydroxyl groups excluding tert-OH is 1. The highest BCUT2D eigenvalue weighted by Crippen LogP contribution is 2.37. The standard InChI is InChI=1S/C31H43N3O4S.ClH/c1-3-4-18-34-29(36)27(28(35)23-8-6-5-7-9-23)32-30(37)31(34)16-19-33(20-17-31)21-25-14-15-26(39-25)22-10-12-24(38-2)13-11-22;/h10-15,23,27-28,35H,3-9,16-21H2,1-2H3,(H,32,37);1H/t27-,28-;/m1./s1. The van der Waals surface area contributed by atoms with E-state index in [9.17, 15) is 14.7 Å². The van der Waals surface area contributed by atoms with Crippen LogP contribution in [0.2, 0.25) is 0 Å². The first kappa shape index (κ1) is 30.8. The minimum Gasteiger partial charge on any atom is -0.497 e. The Labute approximate surface area is 248 Å². The van der Waals surface area contributed by atoms with Gasteiger partial charge in [-0.05, 0) is 80.0 Å². The largest absolute Gasteiger partial charge is 0.497 e. The van der Waals surface area contributed by atoms with Crippen LogP contribution in [0.4, 0.5) is 0 Å². The highest BCUT2D eigenvalue weighted by molar-refractivity contribution is 7.15. The van der Waals surface area contributed by atoms with E-state index in [4.69, 9.17) is 4.74 Å². The lowest BCUT2D eigenvalue weighted by Crippen LogP contribution is -2.75. The van der Waals surface area contributed by atoms with Crippen molar-refractivity contribution in [3.05, 3.63) is 41.3 Å². The molecule has 5 rings (SSSR count). The fraction of sp³-hybridized carbons (Fsp3) is 0.613. The van der Waals surface area contributed by atoms with Gasteiger partial charge in [0, 0.05) is 35.9 Å².